The molecular weight excluding hydrogens is 528 g/mol. The van der Waals surface area contributed by atoms with Gasteiger partial charge in [0.2, 0.25) is 11.8 Å². The fourth-order valence-corrected chi connectivity index (χ4v) is 3.79. The fourth-order valence-electron chi connectivity index (χ4n) is 3.79. The lowest BCUT2D eigenvalue weighted by atomic mass is 10.1. The van der Waals surface area contributed by atoms with Crippen LogP contribution in [0.15, 0.2) is 81.1 Å². The molecule has 0 bridgehead atoms. The number of H-pyrrole nitrogens is 2. The Kier molecular flexibility index (Phi) is 6.24. The van der Waals surface area contributed by atoms with Gasteiger partial charge >= 0.3 is 0 Å². The van der Waals surface area contributed by atoms with E-state index in [2.05, 4.69) is 30.4 Å². The van der Waals surface area contributed by atoms with Crippen LogP contribution in [-0.4, -0.2) is 41.8 Å². The van der Waals surface area contributed by atoms with Crippen LogP contribution in [0.5, 0.6) is 11.8 Å². The molecule has 0 atom stereocenters. The second-order valence-corrected chi connectivity index (χ2v) is 8.21. The normalized spacial score (nSPS) is 11.6. The molecule has 2 heterocycles. The number of aromatic nitrogens is 2. The van der Waals surface area contributed by atoms with Crippen molar-refractivity contribution in [2.75, 3.05) is 0 Å². The van der Waals surface area contributed by atoms with Gasteiger partial charge in [0.15, 0.2) is 11.4 Å². The van der Waals surface area contributed by atoms with Gasteiger partial charge < -0.3 is 20.2 Å². The van der Waals surface area contributed by atoms with Crippen LogP contribution < -0.4 is 0 Å². The van der Waals surface area contributed by atoms with Crippen molar-refractivity contribution in [2.24, 2.45) is 20.5 Å². The molecule has 0 saturated heterocycles. The van der Waals surface area contributed by atoms with Gasteiger partial charge in [-0.3, -0.25) is 29.8 Å². The number of fused-ring (bicyclic) bond motifs is 2. The number of hydrogen-bond donors (Lipinski definition) is 4. The van der Waals surface area contributed by atoms with Crippen LogP contribution in [0.2, 0.25) is 0 Å². The highest BCUT2D eigenvalue weighted by molar-refractivity contribution is 6.00. The van der Waals surface area contributed by atoms with E-state index < -0.39 is 33.4 Å². The Bertz CT molecular complexity index is 1780. The number of nitrogens with zero attached hydrogens (tertiary/aromatic N) is 6. The Balaban J connectivity index is 1.33. The van der Waals surface area contributed by atoms with E-state index in [1.807, 2.05) is 0 Å². The lowest BCUT2D eigenvalue weighted by Gasteiger charge is -1.98. The maximum atomic E-state index is 12.5. The molecule has 3 aromatic carbocycles. The van der Waals surface area contributed by atoms with Crippen molar-refractivity contribution in [1.82, 2.24) is 9.97 Å². The molecule has 0 aliphatic carbocycles. The zero-order chi connectivity index (χ0) is 28.6. The highest BCUT2D eigenvalue weighted by Gasteiger charge is 2.17. The molecule has 5 rings (SSSR count). The fraction of sp³-hybridized carbons (Fsp3) is 0. The minimum Gasteiger partial charge on any atom is -0.493 e. The van der Waals surface area contributed by atoms with Crippen molar-refractivity contribution < 1.29 is 29.6 Å². The molecule has 16 heteroatoms. The summed E-state index contributed by atoms with van der Waals surface area (Å²) in [5, 5.41) is 57.2. The Hall–Kier alpha value is -6.32. The first-order valence-corrected chi connectivity index (χ1v) is 11.1. The van der Waals surface area contributed by atoms with Gasteiger partial charge in [-0.2, -0.15) is 0 Å². The Labute approximate surface area is 220 Å². The number of nitro benzene ring substituents is 2. The van der Waals surface area contributed by atoms with Gasteiger partial charge in [0.25, 0.3) is 23.2 Å². The molecular formula is C24H14N8O8. The second kappa shape index (κ2) is 9.86. The number of non-ortho nitro benzene ring substituents is 2. The third-order valence-corrected chi connectivity index (χ3v) is 5.75. The molecule has 5 aromatic rings. The van der Waals surface area contributed by atoms with Crippen LogP contribution in [-0.2, 0) is 0 Å². The summed E-state index contributed by atoms with van der Waals surface area (Å²) >= 11 is 0. The maximum absolute atomic E-state index is 12.5. The van der Waals surface area contributed by atoms with Crippen LogP contribution in [0.3, 0.4) is 0 Å². The number of nitrogens with one attached hydrogen (secondary N) is 2. The summed E-state index contributed by atoms with van der Waals surface area (Å²) in [6.45, 7) is 0. The van der Waals surface area contributed by atoms with E-state index >= 15 is 0 Å². The van der Waals surface area contributed by atoms with Gasteiger partial charge in [0.1, 0.15) is 0 Å². The molecule has 16 nitrogen and oxygen atoms in total. The summed E-state index contributed by atoms with van der Waals surface area (Å²) in [7, 11) is 0. The number of aromatic hydroxyl groups is 2. The lowest BCUT2D eigenvalue weighted by molar-refractivity contribution is -0.384. The molecule has 0 fully saturated rings. The van der Waals surface area contributed by atoms with E-state index in [0.717, 1.165) is 0 Å². The Morgan fingerprint density at radius 3 is 1.38 bits per heavy atom. The van der Waals surface area contributed by atoms with Gasteiger partial charge in [-0.1, -0.05) is 0 Å². The molecule has 40 heavy (non-hydrogen) atoms. The zero-order valence-corrected chi connectivity index (χ0v) is 19.8. The maximum Gasteiger partial charge on any atom is 0.295 e. The van der Waals surface area contributed by atoms with Gasteiger partial charge in [-0.05, 0) is 36.4 Å². The van der Waals surface area contributed by atoms with Gasteiger partial charge in [-0.25, -0.2) is 0 Å². The molecule has 0 spiro atoms. The largest absolute Gasteiger partial charge is 0.493 e. The molecule has 2 amide bonds. The van der Waals surface area contributed by atoms with E-state index in [1.54, 1.807) is 0 Å². The van der Waals surface area contributed by atoms with Gasteiger partial charge in [0, 0.05) is 46.2 Å². The molecule has 0 unspecified atom stereocenters. The van der Waals surface area contributed by atoms with Crippen molar-refractivity contribution in [1.29, 1.82) is 0 Å². The number of azo groups is 2. The number of benzene rings is 3. The number of rotatable bonds is 6. The van der Waals surface area contributed by atoms with Crippen molar-refractivity contribution in [3.8, 4) is 11.8 Å². The predicted octanol–water partition coefficient (Wildman–Crippen LogP) is 5.73. The summed E-state index contributed by atoms with van der Waals surface area (Å²) in [5.41, 5.74) is -0.0502. The van der Waals surface area contributed by atoms with Crippen molar-refractivity contribution in [3.05, 3.63) is 92.0 Å². The average molecular weight is 542 g/mol. The van der Waals surface area contributed by atoms with Crippen LogP contribution in [0.4, 0.5) is 22.7 Å². The van der Waals surface area contributed by atoms with Crippen molar-refractivity contribution in [2.45, 2.75) is 0 Å². The standard InChI is InChI=1S/C24H14N8O8/c33-21(29-27-19-15-9-13(31(37)38)5-7-17(15)25-23(19)35)11-1-2-12(4-3-11)22(34)30-28-20-16-10-14(32(39)40)6-8-18(16)26-24(20)36/h1-10,25-26,35-36H. The number of carbonyl (C=O) groups is 2. The van der Waals surface area contributed by atoms with Crippen molar-refractivity contribution >= 4 is 56.4 Å². The Morgan fingerprint density at radius 1 is 0.650 bits per heavy atom. The van der Waals surface area contributed by atoms with Crippen LogP contribution in [0.25, 0.3) is 21.8 Å². The average Bonchev–Trinajstić information content (AvgIpc) is 3.43. The van der Waals surface area contributed by atoms with E-state index in [1.165, 1.54) is 60.7 Å². The summed E-state index contributed by atoms with van der Waals surface area (Å²) in [6.07, 6.45) is 0. The van der Waals surface area contributed by atoms with Crippen LogP contribution in [0.1, 0.15) is 20.7 Å². The van der Waals surface area contributed by atoms with E-state index in [-0.39, 0.29) is 44.6 Å². The molecule has 0 aliphatic heterocycles. The molecule has 0 saturated carbocycles. The quantitative estimate of drug-likeness (QED) is 0.117. The van der Waals surface area contributed by atoms with E-state index in [9.17, 15) is 40.0 Å². The number of amides is 2. The SMILES string of the molecule is O=C(N=Nc1c(O)[nH]c2ccc([N+](=O)[O-])cc12)c1ccc(C(=O)N=Nc2c(O)[nH]c3ccc([N+](=O)[O-])cc23)cc1. The summed E-state index contributed by atoms with van der Waals surface area (Å²) < 4.78 is 0. The molecule has 0 radical (unpaired) electrons. The number of aromatic amines is 2. The number of hydrogen-bond acceptors (Lipinski definition) is 10. The van der Waals surface area contributed by atoms with Gasteiger partial charge in [-0.15, -0.1) is 20.5 Å². The highest BCUT2D eigenvalue weighted by Crippen LogP contribution is 2.38. The topological polar surface area (TPSA) is 242 Å². The monoisotopic (exact) mass is 542 g/mol. The predicted molar refractivity (Wildman–Crippen MR) is 137 cm³/mol. The van der Waals surface area contributed by atoms with E-state index in [0.29, 0.717) is 11.0 Å². The first kappa shape index (κ1) is 25.3. The molecule has 198 valence electrons. The van der Waals surface area contributed by atoms with Gasteiger partial charge in [0.05, 0.1) is 20.9 Å². The molecule has 4 N–H and O–H groups in total. The summed E-state index contributed by atoms with van der Waals surface area (Å²) in [5.74, 6) is -2.53. The third kappa shape index (κ3) is 4.70. The molecule has 0 aliphatic rings. The van der Waals surface area contributed by atoms with Crippen molar-refractivity contribution in [3.63, 3.8) is 0 Å². The number of carbonyl (C=O) groups excluding carboxylic acids is 2. The van der Waals surface area contributed by atoms with Crippen LogP contribution >= 0.6 is 0 Å². The van der Waals surface area contributed by atoms with Crippen LogP contribution in [0, 0.1) is 20.2 Å². The summed E-state index contributed by atoms with van der Waals surface area (Å²) in [6, 6.07) is 12.7. The third-order valence-electron chi connectivity index (χ3n) is 5.75. The number of nitro groups is 2. The lowest BCUT2D eigenvalue weighted by Crippen LogP contribution is -1.97. The highest BCUT2D eigenvalue weighted by atomic mass is 16.6. The minimum absolute atomic E-state index is 0.0316. The molecule has 2 aromatic heterocycles. The second-order valence-electron chi connectivity index (χ2n) is 8.21. The summed E-state index contributed by atoms with van der Waals surface area (Å²) in [4.78, 5) is 51.0. The zero-order valence-electron chi connectivity index (χ0n) is 19.8. The minimum atomic E-state index is -0.829. The first-order chi connectivity index (χ1) is 19.1. The van der Waals surface area contributed by atoms with E-state index in [4.69, 9.17) is 0 Å². The smallest absolute Gasteiger partial charge is 0.295 e. The first-order valence-electron chi connectivity index (χ1n) is 11.1. The Morgan fingerprint density at radius 2 is 1.02 bits per heavy atom.